The molecule has 5 heteroatoms. The van der Waals surface area contributed by atoms with Gasteiger partial charge in [0.2, 0.25) is 0 Å². The van der Waals surface area contributed by atoms with Crippen molar-refractivity contribution >= 4 is 5.97 Å². The van der Waals surface area contributed by atoms with E-state index in [-0.39, 0.29) is 12.1 Å². The van der Waals surface area contributed by atoms with Crippen molar-refractivity contribution in [3.05, 3.63) is 0 Å². The molecule has 0 spiro atoms. The molecule has 5 atom stereocenters. The second-order valence-electron chi connectivity index (χ2n) is 9.00. The summed E-state index contributed by atoms with van der Waals surface area (Å²) in [7, 11) is 0. The molecule has 3 heterocycles. The number of piperidine rings is 1. The molecule has 5 nitrogen and oxygen atoms in total. The fourth-order valence-corrected chi connectivity index (χ4v) is 5.68. The van der Waals surface area contributed by atoms with Crippen molar-refractivity contribution in [2.24, 2.45) is 17.8 Å². The Bertz CT molecular complexity index is 458. The lowest BCUT2D eigenvalue weighted by molar-refractivity contribution is -0.717. The van der Waals surface area contributed by atoms with Gasteiger partial charge in [-0.3, -0.25) is 9.69 Å². The van der Waals surface area contributed by atoms with Crippen LogP contribution in [0.4, 0.5) is 0 Å². The molecule has 3 aliphatic heterocycles. The van der Waals surface area contributed by atoms with Gasteiger partial charge in [-0.1, -0.05) is 13.3 Å². The first-order chi connectivity index (χ1) is 12.2. The predicted molar refractivity (Wildman–Crippen MR) is 96.9 cm³/mol. The molecule has 3 saturated heterocycles. The number of hydrogen-bond acceptors (Lipinski definition) is 4. The molecule has 5 unspecified atom stereocenters. The number of carbonyl (C=O) groups is 1. The Morgan fingerprint density at radius 3 is 2.72 bits per heavy atom. The molecule has 142 valence electrons. The second kappa shape index (κ2) is 7.93. The van der Waals surface area contributed by atoms with Crippen molar-refractivity contribution in [2.45, 2.75) is 64.1 Å². The highest BCUT2D eigenvalue weighted by Crippen LogP contribution is 2.40. The summed E-state index contributed by atoms with van der Waals surface area (Å²) in [5.41, 5.74) is 0. The van der Waals surface area contributed by atoms with E-state index >= 15 is 0 Å². The van der Waals surface area contributed by atoms with Crippen LogP contribution < -0.4 is 5.32 Å². The number of nitrogens with zero attached hydrogens (tertiary/aromatic N) is 2. The topological polar surface area (TPSA) is 49.4 Å². The van der Waals surface area contributed by atoms with Crippen LogP contribution in [-0.4, -0.2) is 67.3 Å². The quantitative estimate of drug-likeness (QED) is 0.773. The van der Waals surface area contributed by atoms with Crippen LogP contribution in [0.5, 0.6) is 0 Å². The third kappa shape index (κ3) is 4.20. The minimum atomic E-state index is 0.0517. The summed E-state index contributed by atoms with van der Waals surface area (Å²) in [6, 6.07) is 0. The zero-order valence-corrected chi connectivity index (χ0v) is 15.9. The molecule has 0 aromatic rings. The average Bonchev–Trinajstić information content (AvgIpc) is 2.62. The van der Waals surface area contributed by atoms with Gasteiger partial charge in [-0.2, -0.15) is 0 Å². The van der Waals surface area contributed by atoms with Gasteiger partial charge < -0.3 is 15.0 Å². The number of fused-ring (bicyclic) bond motifs is 1. The summed E-state index contributed by atoms with van der Waals surface area (Å²) in [5, 5.41) is 2.55. The highest BCUT2D eigenvalue weighted by molar-refractivity contribution is 5.70. The fraction of sp³-hybridized carbons (Fsp3) is 0.950. The summed E-state index contributed by atoms with van der Waals surface area (Å²) in [5.74, 6) is 1.89. The lowest BCUT2D eigenvalue weighted by Gasteiger charge is -2.45. The molecule has 4 aliphatic rings. The highest BCUT2D eigenvalue weighted by Gasteiger charge is 2.42. The first-order valence-corrected chi connectivity index (χ1v) is 10.7. The zero-order valence-electron chi connectivity index (χ0n) is 15.9. The van der Waals surface area contributed by atoms with Gasteiger partial charge in [-0.15, -0.1) is 0 Å². The lowest BCUT2D eigenvalue weighted by atomic mass is 9.71. The Balaban J connectivity index is 1.29. The Morgan fingerprint density at radius 1 is 1.12 bits per heavy atom. The number of hydrogen-bond donors (Lipinski definition) is 1. The minimum absolute atomic E-state index is 0.0517. The number of ether oxygens (including phenoxy) is 1. The fourth-order valence-electron chi connectivity index (χ4n) is 5.68. The van der Waals surface area contributed by atoms with Gasteiger partial charge in [-0.25, -0.2) is 0 Å². The van der Waals surface area contributed by atoms with Gasteiger partial charge in [0.15, 0.2) is 0 Å². The van der Waals surface area contributed by atoms with Crippen molar-refractivity contribution in [3.63, 3.8) is 0 Å². The van der Waals surface area contributed by atoms with Gasteiger partial charge >= 0.3 is 5.97 Å². The number of carbonyl (C=O) groups excluding carboxylic acids is 1. The van der Waals surface area contributed by atoms with Crippen molar-refractivity contribution in [1.29, 1.82) is 0 Å². The Labute approximate surface area is 152 Å². The van der Waals surface area contributed by atoms with Crippen LogP contribution in [0.1, 0.15) is 51.9 Å². The predicted octanol–water partition coefficient (Wildman–Crippen LogP) is 1.05. The minimum Gasteiger partial charge on any atom is -0.462 e. The van der Waals surface area contributed by atoms with Crippen LogP contribution in [0.2, 0.25) is 0 Å². The molecular formula is C20H36N3O2+. The maximum Gasteiger partial charge on any atom is 0.306 e. The summed E-state index contributed by atoms with van der Waals surface area (Å²) >= 11 is 0. The normalized spacial score (nSPS) is 41.2. The zero-order chi connectivity index (χ0) is 17.2. The largest absolute Gasteiger partial charge is 0.462 e. The van der Waals surface area contributed by atoms with Crippen LogP contribution >= 0.6 is 0 Å². The molecule has 0 amide bonds. The molecule has 4 fully saturated rings. The second-order valence-corrected chi connectivity index (χ2v) is 9.00. The maximum absolute atomic E-state index is 12.1. The van der Waals surface area contributed by atoms with Crippen molar-refractivity contribution in [2.75, 3.05) is 39.3 Å². The van der Waals surface area contributed by atoms with Crippen molar-refractivity contribution < 1.29 is 14.8 Å². The third-order valence-corrected chi connectivity index (χ3v) is 7.18. The Hall–Kier alpha value is -0.650. The summed E-state index contributed by atoms with van der Waals surface area (Å²) < 4.78 is 5.71. The number of esters is 1. The maximum atomic E-state index is 12.1. The van der Waals surface area contributed by atoms with Gasteiger partial charge in [-0.05, 0) is 37.5 Å². The summed E-state index contributed by atoms with van der Waals surface area (Å²) in [6.45, 7) is 9.44. The average molecular weight is 351 g/mol. The van der Waals surface area contributed by atoms with Gasteiger partial charge in [0.1, 0.15) is 12.3 Å². The monoisotopic (exact) mass is 350 g/mol. The SMILES string of the molecule is CC1CCC2C(CN3CCN(C4CCCC[NH2+]4)CC3)CC(=O)OC2C1. The smallest absolute Gasteiger partial charge is 0.306 e. The van der Waals surface area contributed by atoms with E-state index in [2.05, 4.69) is 22.0 Å². The molecule has 0 bridgehead atoms. The number of piperazine rings is 1. The molecule has 0 radical (unpaired) electrons. The first-order valence-electron chi connectivity index (χ1n) is 10.7. The van der Waals surface area contributed by atoms with Gasteiger partial charge in [0.25, 0.3) is 0 Å². The molecule has 25 heavy (non-hydrogen) atoms. The molecule has 1 aliphatic carbocycles. The van der Waals surface area contributed by atoms with Crippen LogP contribution in [-0.2, 0) is 9.53 Å². The molecule has 2 N–H and O–H groups in total. The van der Waals surface area contributed by atoms with E-state index in [4.69, 9.17) is 4.74 Å². The van der Waals surface area contributed by atoms with Crippen molar-refractivity contribution in [3.8, 4) is 0 Å². The van der Waals surface area contributed by atoms with E-state index in [0.717, 1.165) is 19.1 Å². The van der Waals surface area contributed by atoms with Gasteiger partial charge in [0, 0.05) is 51.5 Å². The van der Waals surface area contributed by atoms with Gasteiger partial charge in [0.05, 0.1) is 6.54 Å². The molecule has 1 saturated carbocycles. The standard InChI is InChI=1S/C20H35N3O2/c1-15-5-6-17-16(13-20(24)25-18(17)12-15)14-22-8-10-23(11-9-22)19-4-2-3-7-21-19/h15-19,21H,2-14H2,1H3/p+1. The number of quaternary nitrogens is 1. The number of rotatable bonds is 3. The van der Waals surface area contributed by atoms with E-state index in [1.165, 1.54) is 64.8 Å². The highest BCUT2D eigenvalue weighted by atomic mass is 16.5. The third-order valence-electron chi connectivity index (χ3n) is 7.18. The Morgan fingerprint density at radius 2 is 1.96 bits per heavy atom. The van der Waals surface area contributed by atoms with E-state index in [1.54, 1.807) is 0 Å². The summed E-state index contributed by atoms with van der Waals surface area (Å²) in [6.07, 6.45) is 9.35. The summed E-state index contributed by atoms with van der Waals surface area (Å²) in [4.78, 5) is 17.4. The number of nitrogens with two attached hydrogens (primary N) is 1. The van der Waals surface area contributed by atoms with E-state index < -0.39 is 0 Å². The van der Waals surface area contributed by atoms with E-state index in [1.807, 2.05) is 0 Å². The van der Waals surface area contributed by atoms with Crippen LogP contribution in [0.15, 0.2) is 0 Å². The van der Waals surface area contributed by atoms with Crippen LogP contribution in [0.3, 0.4) is 0 Å². The first kappa shape index (κ1) is 17.7. The molecule has 4 rings (SSSR count). The molecule has 0 aromatic carbocycles. The van der Waals surface area contributed by atoms with Crippen LogP contribution in [0.25, 0.3) is 0 Å². The molecule has 0 aromatic heterocycles. The van der Waals surface area contributed by atoms with Crippen molar-refractivity contribution in [1.82, 2.24) is 9.80 Å². The van der Waals surface area contributed by atoms with E-state index in [0.29, 0.717) is 24.2 Å². The Kier molecular flexibility index (Phi) is 5.63. The van der Waals surface area contributed by atoms with E-state index in [9.17, 15) is 4.79 Å². The lowest BCUT2D eigenvalue weighted by Crippen LogP contribution is -2.95. The molecular weight excluding hydrogens is 314 g/mol. The van der Waals surface area contributed by atoms with Crippen LogP contribution in [0, 0.1) is 17.8 Å².